The van der Waals surface area contributed by atoms with Crippen LogP contribution in [0.25, 0.3) is 0 Å². The van der Waals surface area contributed by atoms with Crippen LogP contribution in [0.15, 0.2) is 0 Å². The Morgan fingerprint density at radius 1 is 0.900 bits per heavy atom. The van der Waals surface area contributed by atoms with Gasteiger partial charge in [0, 0.05) is 12.1 Å². The zero-order valence-corrected chi connectivity index (χ0v) is 12.6. The van der Waals surface area contributed by atoms with Gasteiger partial charge in [0.25, 0.3) is 0 Å². The predicted molar refractivity (Wildman–Crippen MR) is 77.2 cm³/mol. The minimum Gasteiger partial charge on any atom is -0.469 e. The van der Waals surface area contributed by atoms with Crippen LogP contribution in [0.3, 0.4) is 0 Å². The molecule has 0 atom stereocenters. The molecule has 2 rings (SSSR count). The Kier molecular flexibility index (Phi) is 5.86. The molecular formula is C16H27NO3. The van der Waals surface area contributed by atoms with Gasteiger partial charge in [-0.15, -0.1) is 0 Å². The van der Waals surface area contributed by atoms with E-state index in [1.165, 1.54) is 45.6 Å². The molecular weight excluding hydrogens is 254 g/mol. The van der Waals surface area contributed by atoms with Crippen LogP contribution in [-0.2, 0) is 14.3 Å². The third kappa shape index (κ3) is 3.97. The Labute approximate surface area is 121 Å². The van der Waals surface area contributed by atoms with Crippen LogP contribution in [0.4, 0.5) is 0 Å². The van der Waals surface area contributed by atoms with E-state index in [9.17, 15) is 9.59 Å². The normalized spacial score (nSPS) is 21.4. The van der Waals surface area contributed by atoms with Gasteiger partial charge in [-0.1, -0.05) is 38.5 Å². The molecule has 1 amide bonds. The van der Waals surface area contributed by atoms with Crippen molar-refractivity contribution in [2.75, 3.05) is 7.11 Å². The topological polar surface area (TPSA) is 46.6 Å². The van der Waals surface area contributed by atoms with E-state index in [0.717, 1.165) is 25.7 Å². The van der Waals surface area contributed by atoms with Gasteiger partial charge in [0.2, 0.25) is 5.91 Å². The van der Waals surface area contributed by atoms with Gasteiger partial charge < -0.3 is 9.64 Å². The van der Waals surface area contributed by atoms with E-state index in [-0.39, 0.29) is 12.3 Å². The standard InChI is InChI=1S/C16H27NO3/c1-20-16(19)12-15(18)17(13-8-4-2-5-9-13)14-10-6-3-7-11-14/h13-14H,2-12H2,1H3. The van der Waals surface area contributed by atoms with E-state index in [1.807, 2.05) is 0 Å². The molecule has 0 aromatic heterocycles. The van der Waals surface area contributed by atoms with Gasteiger partial charge in [0.1, 0.15) is 6.42 Å². The lowest BCUT2D eigenvalue weighted by Gasteiger charge is -2.41. The average Bonchev–Trinajstić information content (AvgIpc) is 2.49. The largest absolute Gasteiger partial charge is 0.469 e. The molecule has 0 bridgehead atoms. The molecule has 2 fully saturated rings. The van der Waals surface area contributed by atoms with Crippen LogP contribution < -0.4 is 0 Å². The molecule has 0 aliphatic heterocycles. The number of ether oxygens (including phenoxy) is 1. The van der Waals surface area contributed by atoms with Crippen molar-refractivity contribution >= 4 is 11.9 Å². The number of amides is 1. The quantitative estimate of drug-likeness (QED) is 0.588. The first-order valence-electron chi connectivity index (χ1n) is 8.10. The fourth-order valence-electron chi connectivity index (χ4n) is 3.71. The van der Waals surface area contributed by atoms with Crippen molar-refractivity contribution in [1.29, 1.82) is 0 Å². The molecule has 0 spiro atoms. The Morgan fingerprint density at radius 3 is 1.75 bits per heavy atom. The summed E-state index contributed by atoms with van der Waals surface area (Å²) in [6.07, 6.45) is 11.7. The summed E-state index contributed by atoms with van der Waals surface area (Å²) >= 11 is 0. The van der Waals surface area contributed by atoms with E-state index in [0.29, 0.717) is 12.1 Å². The molecule has 0 aromatic rings. The number of methoxy groups -OCH3 is 1. The summed E-state index contributed by atoms with van der Waals surface area (Å²) in [5.41, 5.74) is 0. The maximum atomic E-state index is 12.5. The number of hydrogen-bond donors (Lipinski definition) is 0. The highest BCUT2D eigenvalue weighted by molar-refractivity contribution is 5.94. The molecule has 114 valence electrons. The molecule has 4 nitrogen and oxygen atoms in total. The number of esters is 1. The van der Waals surface area contributed by atoms with Crippen molar-refractivity contribution in [2.24, 2.45) is 0 Å². The molecule has 2 aliphatic rings. The maximum absolute atomic E-state index is 12.5. The summed E-state index contributed by atoms with van der Waals surface area (Å²) < 4.78 is 4.66. The summed E-state index contributed by atoms with van der Waals surface area (Å²) in [5.74, 6) is -0.428. The Hall–Kier alpha value is -1.06. The smallest absolute Gasteiger partial charge is 0.315 e. The minimum atomic E-state index is -0.411. The first-order valence-corrected chi connectivity index (χ1v) is 8.10. The van der Waals surface area contributed by atoms with Crippen LogP contribution in [0, 0.1) is 0 Å². The number of hydrogen-bond acceptors (Lipinski definition) is 3. The van der Waals surface area contributed by atoms with Crippen molar-refractivity contribution in [2.45, 2.75) is 82.7 Å². The zero-order chi connectivity index (χ0) is 14.4. The minimum absolute atomic E-state index is 0.0179. The second-order valence-corrected chi connectivity index (χ2v) is 6.14. The third-order valence-corrected chi connectivity index (χ3v) is 4.75. The second kappa shape index (κ2) is 7.65. The van der Waals surface area contributed by atoms with Crippen LogP contribution in [0.2, 0.25) is 0 Å². The monoisotopic (exact) mass is 281 g/mol. The van der Waals surface area contributed by atoms with E-state index in [2.05, 4.69) is 9.64 Å². The average molecular weight is 281 g/mol. The first kappa shape index (κ1) is 15.3. The van der Waals surface area contributed by atoms with Crippen molar-refractivity contribution in [3.8, 4) is 0 Å². The van der Waals surface area contributed by atoms with Crippen molar-refractivity contribution in [3.05, 3.63) is 0 Å². The molecule has 0 heterocycles. The molecule has 2 saturated carbocycles. The molecule has 0 aromatic carbocycles. The van der Waals surface area contributed by atoms with Crippen LogP contribution in [-0.4, -0.2) is 36.0 Å². The van der Waals surface area contributed by atoms with Gasteiger partial charge >= 0.3 is 5.97 Å². The predicted octanol–water partition coefficient (Wildman–Crippen LogP) is 3.04. The van der Waals surface area contributed by atoms with E-state index in [4.69, 9.17) is 0 Å². The molecule has 2 aliphatic carbocycles. The summed E-state index contributed by atoms with van der Waals surface area (Å²) in [4.78, 5) is 26.0. The Morgan fingerprint density at radius 2 is 1.35 bits per heavy atom. The third-order valence-electron chi connectivity index (χ3n) is 4.75. The fourth-order valence-corrected chi connectivity index (χ4v) is 3.71. The molecule has 20 heavy (non-hydrogen) atoms. The number of carbonyl (C=O) groups excluding carboxylic acids is 2. The summed E-state index contributed by atoms with van der Waals surface area (Å²) in [5, 5.41) is 0. The summed E-state index contributed by atoms with van der Waals surface area (Å²) in [6.45, 7) is 0. The van der Waals surface area contributed by atoms with Gasteiger partial charge in [0.15, 0.2) is 0 Å². The Balaban J connectivity index is 2.05. The molecule has 0 N–H and O–H groups in total. The molecule has 0 radical (unpaired) electrons. The highest BCUT2D eigenvalue weighted by Gasteiger charge is 2.33. The lowest BCUT2D eigenvalue weighted by atomic mass is 9.88. The van der Waals surface area contributed by atoms with Gasteiger partial charge in [0.05, 0.1) is 7.11 Å². The Bertz CT molecular complexity index is 313. The zero-order valence-electron chi connectivity index (χ0n) is 12.6. The molecule has 0 unspecified atom stereocenters. The van der Waals surface area contributed by atoms with E-state index < -0.39 is 5.97 Å². The maximum Gasteiger partial charge on any atom is 0.315 e. The van der Waals surface area contributed by atoms with E-state index >= 15 is 0 Å². The molecule has 4 heteroatoms. The van der Waals surface area contributed by atoms with Gasteiger partial charge in [-0.3, -0.25) is 9.59 Å². The van der Waals surface area contributed by atoms with Gasteiger partial charge in [-0.05, 0) is 25.7 Å². The number of nitrogens with zero attached hydrogens (tertiary/aromatic N) is 1. The van der Waals surface area contributed by atoms with Gasteiger partial charge in [-0.25, -0.2) is 0 Å². The number of rotatable bonds is 4. The van der Waals surface area contributed by atoms with Crippen LogP contribution in [0.5, 0.6) is 0 Å². The van der Waals surface area contributed by atoms with Crippen molar-refractivity contribution < 1.29 is 14.3 Å². The van der Waals surface area contributed by atoms with E-state index in [1.54, 1.807) is 0 Å². The highest BCUT2D eigenvalue weighted by Crippen LogP contribution is 2.30. The summed E-state index contributed by atoms with van der Waals surface area (Å²) in [7, 11) is 1.35. The fraction of sp³-hybridized carbons (Fsp3) is 0.875. The van der Waals surface area contributed by atoms with Crippen molar-refractivity contribution in [1.82, 2.24) is 4.90 Å². The van der Waals surface area contributed by atoms with Crippen LogP contribution in [0.1, 0.15) is 70.6 Å². The number of carbonyl (C=O) groups is 2. The lowest BCUT2D eigenvalue weighted by molar-refractivity contribution is -0.149. The molecule has 0 saturated heterocycles. The van der Waals surface area contributed by atoms with Crippen LogP contribution >= 0.6 is 0 Å². The SMILES string of the molecule is COC(=O)CC(=O)N(C1CCCCC1)C1CCCCC1. The first-order chi connectivity index (χ1) is 9.72. The van der Waals surface area contributed by atoms with Crippen molar-refractivity contribution in [3.63, 3.8) is 0 Å². The summed E-state index contributed by atoms with van der Waals surface area (Å²) in [6, 6.07) is 0.702. The van der Waals surface area contributed by atoms with Gasteiger partial charge in [-0.2, -0.15) is 0 Å². The highest BCUT2D eigenvalue weighted by atomic mass is 16.5. The lowest BCUT2D eigenvalue weighted by Crippen LogP contribution is -2.49. The second-order valence-electron chi connectivity index (χ2n) is 6.14.